The average molecular weight is 255 g/mol. The number of nitrogens with one attached hydrogen (secondary N) is 1. The molecule has 0 radical (unpaired) electrons. The fourth-order valence-electron chi connectivity index (χ4n) is 2.11. The predicted octanol–water partition coefficient (Wildman–Crippen LogP) is 3.18. The van der Waals surface area contributed by atoms with Crippen molar-refractivity contribution in [3.8, 4) is 0 Å². The number of aryl methyl sites for hydroxylation is 2. The van der Waals surface area contributed by atoms with Crippen LogP contribution in [0.4, 0.5) is 0 Å². The summed E-state index contributed by atoms with van der Waals surface area (Å²) in [6.45, 7) is 7.24. The molecule has 0 bridgehead atoms. The minimum absolute atomic E-state index is 0.120. The molecule has 0 aliphatic rings. The van der Waals surface area contributed by atoms with Gasteiger partial charge < -0.3 is 5.32 Å². The van der Waals surface area contributed by atoms with Gasteiger partial charge in [-0.05, 0) is 50.1 Å². The lowest BCUT2D eigenvalue weighted by atomic mass is 10.0. The van der Waals surface area contributed by atoms with Gasteiger partial charge in [-0.3, -0.25) is 9.97 Å². The monoisotopic (exact) mass is 255 g/mol. The molecule has 0 spiro atoms. The molecule has 1 atom stereocenters. The lowest BCUT2D eigenvalue weighted by molar-refractivity contribution is 0.582. The zero-order chi connectivity index (χ0) is 13.7. The Morgan fingerprint density at radius 2 is 2.00 bits per heavy atom. The molecule has 1 unspecified atom stereocenters. The van der Waals surface area contributed by atoms with Crippen LogP contribution in [0.2, 0.25) is 0 Å². The number of aromatic nitrogens is 2. The highest BCUT2D eigenvalue weighted by Gasteiger charge is 2.16. The largest absolute Gasteiger partial charge is 0.305 e. The van der Waals surface area contributed by atoms with Crippen LogP contribution in [0.3, 0.4) is 0 Å². The summed E-state index contributed by atoms with van der Waals surface area (Å²) in [5, 5.41) is 3.56. The smallest absolute Gasteiger partial charge is 0.0769 e. The first-order valence-corrected chi connectivity index (χ1v) is 6.79. The first-order chi connectivity index (χ1) is 9.22. The van der Waals surface area contributed by atoms with E-state index in [-0.39, 0.29) is 6.04 Å². The van der Waals surface area contributed by atoms with Crippen molar-refractivity contribution in [1.82, 2.24) is 15.3 Å². The molecule has 0 aliphatic carbocycles. The number of pyridine rings is 2. The van der Waals surface area contributed by atoms with E-state index in [0.717, 1.165) is 24.4 Å². The Bertz CT molecular complexity index is 520. The van der Waals surface area contributed by atoms with Crippen LogP contribution < -0.4 is 5.32 Å². The van der Waals surface area contributed by atoms with Gasteiger partial charge in [-0.25, -0.2) is 0 Å². The summed E-state index contributed by atoms with van der Waals surface area (Å²) in [6, 6.07) is 8.38. The molecule has 3 nitrogen and oxygen atoms in total. The highest BCUT2D eigenvalue weighted by Crippen LogP contribution is 2.22. The maximum Gasteiger partial charge on any atom is 0.0769 e. The fourth-order valence-corrected chi connectivity index (χ4v) is 2.11. The van der Waals surface area contributed by atoms with E-state index in [1.807, 2.05) is 31.5 Å². The Morgan fingerprint density at radius 3 is 2.63 bits per heavy atom. The van der Waals surface area contributed by atoms with Gasteiger partial charge in [0.1, 0.15) is 0 Å². The van der Waals surface area contributed by atoms with Crippen LogP contribution >= 0.6 is 0 Å². The summed E-state index contributed by atoms with van der Waals surface area (Å²) in [4.78, 5) is 8.94. The molecule has 0 fully saturated rings. The first kappa shape index (κ1) is 13.7. The zero-order valence-corrected chi connectivity index (χ0v) is 11.9. The summed E-state index contributed by atoms with van der Waals surface area (Å²) in [7, 11) is 0. The molecule has 2 aromatic heterocycles. The van der Waals surface area contributed by atoms with Crippen molar-refractivity contribution in [1.29, 1.82) is 0 Å². The standard InChI is InChI=1S/C16H21N3/c1-4-9-17-16(14-8-7-13(3)19-11-14)15-12(2)6-5-10-18-15/h5-8,10-11,16-17H,4,9H2,1-3H3. The highest BCUT2D eigenvalue weighted by atomic mass is 14.9. The second kappa shape index (κ2) is 6.43. The molecule has 2 heterocycles. The molecule has 1 N–H and O–H groups in total. The zero-order valence-electron chi connectivity index (χ0n) is 11.9. The van der Waals surface area contributed by atoms with Crippen molar-refractivity contribution in [2.75, 3.05) is 6.54 Å². The van der Waals surface area contributed by atoms with Crippen molar-refractivity contribution < 1.29 is 0 Å². The van der Waals surface area contributed by atoms with Crippen LogP contribution in [0.15, 0.2) is 36.7 Å². The number of hydrogen-bond donors (Lipinski definition) is 1. The molecule has 3 heteroatoms. The number of nitrogens with zero attached hydrogens (tertiary/aromatic N) is 2. The number of hydrogen-bond acceptors (Lipinski definition) is 3. The Kier molecular flexibility index (Phi) is 4.63. The SMILES string of the molecule is CCCNC(c1ccc(C)nc1)c1ncccc1C. The van der Waals surface area contributed by atoms with Gasteiger partial charge in [-0.15, -0.1) is 0 Å². The van der Waals surface area contributed by atoms with Crippen molar-refractivity contribution in [2.45, 2.75) is 33.2 Å². The van der Waals surface area contributed by atoms with Gasteiger partial charge >= 0.3 is 0 Å². The molecule has 0 aliphatic heterocycles. The van der Waals surface area contributed by atoms with Crippen LogP contribution in [-0.4, -0.2) is 16.5 Å². The summed E-state index contributed by atoms with van der Waals surface area (Å²) in [6.07, 6.45) is 4.89. The lowest BCUT2D eigenvalue weighted by Gasteiger charge is -2.20. The topological polar surface area (TPSA) is 37.8 Å². The second-order valence-electron chi connectivity index (χ2n) is 4.83. The molecule has 19 heavy (non-hydrogen) atoms. The molecule has 0 saturated carbocycles. The van der Waals surface area contributed by atoms with Crippen LogP contribution in [0.5, 0.6) is 0 Å². The van der Waals surface area contributed by atoms with Crippen LogP contribution in [-0.2, 0) is 0 Å². The molecule has 0 saturated heterocycles. The van der Waals surface area contributed by atoms with Gasteiger partial charge in [0.2, 0.25) is 0 Å². The van der Waals surface area contributed by atoms with Crippen molar-refractivity contribution in [3.63, 3.8) is 0 Å². The van der Waals surface area contributed by atoms with Crippen LogP contribution in [0.25, 0.3) is 0 Å². The Labute approximate surface area is 115 Å². The summed E-state index contributed by atoms with van der Waals surface area (Å²) >= 11 is 0. The molecular formula is C16H21N3. The van der Waals surface area contributed by atoms with Crippen molar-refractivity contribution in [3.05, 3.63) is 59.2 Å². The first-order valence-electron chi connectivity index (χ1n) is 6.79. The Morgan fingerprint density at radius 1 is 1.16 bits per heavy atom. The van der Waals surface area contributed by atoms with Crippen molar-refractivity contribution in [2.24, 2.45) is 0 Å². The third-order valence-electron chi connectivity index (χ3n) is 3.19. The quantitative estimate of drug-likeness (QED) is 0.891. The summed E-state index contributed by atoms with van der Waals surface area (Å²) in [5.41, 5.74) is 4.50. The van der Waals surface area contributed by atoms with E-state index in [9.17, 15) is 0 Å². The van der Waals surface area contributed by atoms with E-state index < -0.39 is 0 Å². The van der Waals surface area contributed by atoms with Crippen LogP contribution in [0, 0.1) is 13.8 Å². The average Bonchev–Trinajstić information content (AvgIpc) is 2.43. The molecule has 0 amide bonds. The van der Waals surface area contributed by atoms with Gasteiger partial charge in [0, 0.05) is 18.1 Å². The van der Waals surface area contributed by atoms with Gasteiger partial charge in [0.05, 0.1) is 11.7 Å². The van der Waals surface area contributed by atoms with Crippen LogP contribution in [0.1, 0.15) is 41.9 Å². The molecule has 2 rings (SSSR count). The maximum atomic E-state index is 4.54. The number of rotatable bonds is 5. The van der Waals surface area contributed by atoms with Gasteiger partial charge in [-0.2, -0.15) is 0 Å². The Hall–Kier alpha value is -1.74. The molecule has 100 valence electrons. The lowest BCUT2D eigenvalue weighted by Crippen LogP contribution is -2.25. The third kappa shape index (κ3) is 3.38. The summed E-state index contributed by atoms with van der Waals surface area (Å²) < 4.78 is 0. The predicted molar refractivity (Wildman–Crippen MR) is 78.1 cm³/mol. The van der Waals surface area contributed by atoms with Gasteiger partial charge in [0.25, 0.3) is 0 Å². The van der Waals surface area contributed by atoms with E-state index in [4.69, 9.17) is 0 Å². The molecule has 2 aromatic rings. The second-order valence-corrected chi connectivity index (χ2v) is 4.83. The summed E-state index contributed by atoms with van der Waals surface area (Å²) in [5.74, 6) is 0. The maximum absolute atomic E-state index is 4.54. The van der Waals surface area contributed by atoms with Gasteiger partial charge in [-0.1, -0.05) is 19.1 Å². The van der Waals surface area contributed by atoms with E-state index in [1.165, 1.54) is 11.1 Å². The minimum Gasteiger partial charge on any atom is -0.305 e. The van der Waals surface area contributed by atoms with Gasteiger partial charge in [0.15, 0.2) is 0 Å². The normalized spacial score (nSPS) is 12.4. The Balaban J connectivity index is 2.35. The highest BCUT2D eigenvalue weighted by molar-refractivity contribution is 5.31. The third-order valence-corrected chi connectivity index (χ3v) is 3.19. The van der Waals surface area contributed by atoms with Crippen molar-refractivity contribution >= 4 is 0 Å². The van der Waals surface area contributed by atoms with E-state index in [1.54, 1.807) is 0 Å². The molecular weight excluding hydrogens is 234 g/mol. The van der Waals surface area contributed by atoms with E-state index in [0.29, 0.717) is 0 Å². The fraction of sp³-hybridized carbons (Fsp3) is 0.375. The van der Waals surface area contributed by atoms with E-state index in [2.05, 4.69) is 41.3 Å². The molecule has 0 aromatic carbocycles. The minimum atomic E-state index is 0.120. The van der Waals surface area contributed by atoms with E-state index >= 15 is 0 Å².